The van der Waals surface area contributed by atoms with Crippen LogP contribution in [0.4, 0.5) is 11.5 Å². The second-order valence-corrected chi connectivity index (χ2v) is 6.70. The van der Waals surface area contributed by atoms with Gasteiger partial charge in [0.25, 0.3) is 5.91 Å². The number of ether oxygens (including phenoxy) is 1. The Morgan fingerprint density at radius 1 is 1.14 bits per heavy atom. The molecule has 7 nitrogen and oxygen atoms in total. The molecule has 0 bridgehead atoms. The number of likely N-dealkylation sites (tertiary alicyclic amines) is 1. The van der Waals surface area contributed by atoms with Crippen molar-refractivity contribution < 1.29 is 19.4 Å². The molecule has 1 aliphatic rings. The SMILES string of the molecule is CCN(c1ccc(C(=O)OC)cc1)c1ncc(C(=O)N2CCCCC2)cc1O. The molecule has 1 saturated heterocycles. The number of carbonyl (C=O) groups is 2. The Bertz CT molecular complexity index is 845. The lowest BCUT2D eigenvalue weighted by Crippen LogP contribution is -2.35. The zero-order chi connectivity index (χ0) is 20.1. The molecule has 2 heterocycles. The average molecular weight is 383 g/mol. The van der Waals surface area contributed by atoms with Gasteiger partial charge in [-0.05, 0) is 56.5 Å². The van der Waals surface area contributed by atoms with Gasteiger partial charge in [0.05, 0.1) is 18.2 Å². The summed E-state index contributed by atoms with van der Waals surface area (Å²) in [6.45, 7) is 3.98. The third kappa shape index (κ3) is 4.08. The summed E-state index contributed by atoms with van der Waals surface area (Å²) in [6.07, 6.45) is 4.67. The van der Waals surface area contributed by atoms with Crippen LogP contribution in [0, 0.1) is 0 Å². The van der Waals surface area contributed by atoms with E-state index in [4.69, 9.17) is 4.74 Å². The third-order valence-electron chi connectivity index (χ3n) is 4.91. The maximum Gasteiger partial charge on any atom is 0.337 e. The van der Waals surface area contributed by atoms with Crippen molar-refractivity contribution in [3.05, 3.63) is 47.7 Å². The second kappa shape index (κ2) is 8.73. The number of piperidine rings is 1. The van der Waals surface area contributed by atoms with Gasteiger partial charge in [-0.3, -0.25) is 4.79 Å². The van der Waals surface area contributed by atoms with Crippen molar-refractivity contribution in [2.24, 2.45) is 0 Å². The number of aromatic hydroxyl groups is 1. The predicted octanol–water partition coefficient (Wildman–Crippen LogP) is 3.36. The molecule has 0 aliphatic carbocycles. The van der Waals surface area contributed by atoms with Gasteiger partial charge >= 0.3 is 5.97 Å². The maximum atomic E-state index is 12.6. The van der Waals surface area contributed by atoms with Crippen LogP contribution >= 0.6 is 0 Å². The molecule has 3 rings (SSSR count). The first-order valence-electron chi connectivity index (χ1n) is 9.49. The molecule has 0 atom stereocenters. The number of methoxy groups -OCH3 is 1. The first-order chi connectivity index (χ1) is 13.5. The van der Waals surface area contributed by atoms with Crippen LogP contribution in [-0.4, -0.2) is 53.6 Å². The predicted molar refractivity (Wildman–Crippen MR) is 106 cm³/mol. The molecular formula is C21H25N3O4. The minimum Gasteiger partial charge on any atom is -0.504 e. The summed E-state index contributed by atoms with van der Waals surface area (Å²) in [6, 6.07) is 8.34. The summed E-state index contributed by atoms with van der Waals surface area (Å²) in [7, 11) is 1.34. The minimum absolute atomic E-state index is 0.0539. The van der Waals surface area contributed by atoms with Crippen LogP contribution in [0.2, 0.25) is 0 Å². The van der Waals surface area contributed by atoms with Crippen LogP contribution in [0.5, 0.6) is 5.75 Å². The molecule has 7 heteroatoms. The van der Waals surface area contributed by atoms with Crippen molar-refractivity contribution in [2.75, 3.05) is 31.6 Å². The first-order valence-corrected chi connectivity index (χ1v) is 9.49. The molecular weight excluding hydrogens is 358 g/mol. The quantitative estimate of drug-likeness (QED) is 0.797. The molecule has 1 N–H and O–H groups in total. The molecule has 0 unspecified atom stereocenters. The smallest absolute Gasteiger partial charge is 0.337 e. The van der Waals surface area contributed by atoms with E-state index in [0.29, 0.717) is 23.5 Å². The van der Waals surface area contributed by atoms with E-state index in [2.05, 4.69) is 4.98 Å². The fourth-order valence-corrected chi connectivity index (χ4v) is 3.40. The number of esters is 1. The van der Waals surface area contributed by atoms with Gasteiger partial charge in [0, 0.05) is 31.5 Å². The highest BCUT2D eigenvalue weighted by molar-refractivity contribution is 5.95. The van der Waals surface area contributed by atoms with Crippen LogP contribution < -0.4 is 4.90 Å². The van der Waals surface area contributed by atoms with E-state index in [0.717, 1.165) is 38.0 Å². The molecule has 1 aromatic heterocycles. The van der Waals surface area contributed by atoms with Crippen molar-refractivity contribution in [1.29, 1.82) is 0 Å². The molecule has 28 heavy (non-hydrogen) atoms. The summed E-state index contributed by atoms with van der Waals surface area (Å²) in [5.74, 6) is -0.194. The Morgan fingerprint density at radius 2 is 1.82 bits per heavy atom. The molecule has 1 aromatic carbocycles. The summed E-state index contributed by atoms with van der Waals surface area (Å²) >= 11 is 0. The highest BCUT2D eigenvalue weighted by atomic mass is 16.5. The number of rotatable bonds is 5. The van der Waals surface area contributed by atoms with E-state index in [1.54, 1.807) is 24.3 Å². The van der Waals surface area contributed by atoms with E-state index in [1.807, 2.05) is 16.7 Å². The van der Waals surface area contributed by atoms with Gasteiger partial charge in [0.2, 0.25) is 0 Å². The number of benzene rings is 1. The number of hydrogen-bond acceptors (Lipinski definition) is 6. The van der Waals surface area contributed by atoms with Crippen molar-refractivity contribution in [3.63, 3.8) is 0 Å². The lowest BCUT2D eigenvalue weighted by atomic mass is 10.1. The number of pyridine rings is 1. The van der Waals surface area contributed by atoms with Gasteiger partial charge < -0.3 is 19.6 Å². The van der Waals surface area contributed by atoms with Crippen LogP contribution in [0.25, 0.3) is 0 Å². The normalized spacial score (nSPS) is 13.9. The van der Waals surface area contributed by atoms with Gasteiger partial charge in [-0.15, -0.1) is 0 Å². The van der Waals surface area contributed by atoms with Crippen LogP contribution in [0.1, 0.15) is 46.9 Å². The van der Waals surface area contributed by atoms with Crippen molar-refractivity contribution in [1.82, 2.24) is 9.88 Å². The molecule has 0 spiro atoms. The van der Waals surface area contributed by atoms with E-state index in [9.17, 15) is 14.7 Å². The van der Waals surface area contributed by atoms with Crippen molar-refractivity contribution in [3.8, 4) is 5.75 Å². The first kappa shape index (κ1) is 19.7. The summed E-state index contributed by atoms with van der Waals surface area (Å²) in [5.41, 5.74) is 1.61. The number of anilines is 2. The Morgan fingerprint density at radius 3 is 2.39 bits per heavy atom. The van der Waals surface area contributed by atoms with Crippen LogP contribution in [0.3, 0.4) is 0 Å². The number of hydrogen-bond donors (Lipinski definition) is 1. The zero-order valence-electron chi connectivity index (χ0n) is 16.2. The average Bonchev–Trinajstić information content (AvgIpc) is 2.75. The second-order valence-electron chi connectivity index (χ2n) is 6.70. The number of aromatic nitrogens is 1. The molecule has 1 amide bonds. The zero-order valence-corrected chi connectivity index (χ0v) is 16.2. The Labute approximate surface area is 164 Å². The molecule has 0 saturated carbocycles. The highest BCUT2D eigenvalue weighted by Crippen LogP contribution is 2.32. The Hall–Kier alpha value is -3.09. The van der Waals surface area contributed by atoms with Crippen LogP contribution in [-0.2, 0) is 4.74 Å². The highest BCUT2D eigenvalue weighted by Gasteiger charge is 2.21. The van der Waals surface area contributed by atoms with E-state index in [-0.39, 0.29) is 11.7 Å². The van der Waals surface area contributed by atoms with Gasteiger partial charge in [-0.2, -0.15) is 0 Å². The monoisotopic (exact) mass is 383 g/mol. The molecule has 2 aromatic rings. The van der Waals surface area contributed by atoms with Gasteiger partial charge in [0.15, 0.2) is 11.6 Å². The Balaban J connectivity index is 1.83. The van der Waals surface area contributed by atoms with E-state index in [1.165, 1.54) is 19.4 Å². The fraction of sp³-hybridized carbons (Fsp3) is 0.381. The molecule has 0 radical (unpaired) electrons. The summed E-state index contributed by atoms with van der Waals surface area (Å²) < 4.78 is 4.71. The largest absolute Gasteiger partial charge is 0.504 e. The number of carbonyl (C=O) groups excluding carboxylic acids is 2. The van der Waals surface area contributed by atoms with Crippen molar-refractivity contribution >= 4 is 23.4 Å². The molecule has 1 aliphatic heterocycles. The maximum absolute atomic E-state index is 12.6. The lowest BCUT2D eigenvalue weighted by molar-refractivity contribution is 0.0600. The summed E-state index contributed by atoms with van der Waals surface area (Å²) in [5, 5.41) is 10.5. The van der Waals surface area contributed by atoms with Crippen LogP contribution in [0.15, 0.2) is 36.5 Å². The number of amides is 1. The van der Waals surface area contributed by atoms with Gasteiger partial charge in [-0.25, -0.2) is 9.78 Å². The van der Waals surface area contributed by atoms with Gasteiger partial charge in [0.1, 0.15) is 0 Å². The van der Waals surface area contributed by atoms with Gasteiger partial charge in [-0.1, -0.05) is 0 Å². The Kier molecular flexibility index (Phi) is 6.13. The lowest BCUT2D eigenvalue weighted by Gasteiger charge is -2.27. The number of nitrogens with zero attached hydrogens (tertiary/aromatic N) is 3. The topological polar surface area (TPSA) is 83.0 Å². The molecule has 1 fully saturated rings. The standard InChI is InChI=1S/C21H25N3O4/c1-3-24(17-9-7-15(8-10-17)21(27)28-2)19-18(25)13-16(14-22-19)20(26)23-11-5-4-6-12-23/h7-10,13-14,25H,3-6,11-12H2,1-2H3. The third-order valence-corrected chi connectivity index (χ3v) is 4.91. The van der Waals surface area contributed by atoms with E-state index >= 15 is 0 Å². The fourth-order valence-electron chi connectivity index (χ4n) is 3.40. The summed E-state index contributed by atoms with van der Waals surface area (Å²) in [4.78, 5) is 32.2. The van der Waals surface area contributed by atoms with Crippen molar-refractivity contribution in [2.45, 2.75) is 26.2 Å². The minimum atomic E-state index is -0.406. The molecule has 148 valence electrons. The van der Waals surface area contributed by atoms with E-state index < -0.39 is 5.97 Å².